The minimum absolute atomic E-state index is 0.0126. The number of fused-ring (bicyclic) bond motifs is 1. The summed E-state index contributed by atoms with van der Waals surface area (Å²) < 4.78 is 82.7. The summed E-state index contributed by atoms with van der Waals surface area (Å²) in [5.74, 6) is -2.57. The highest BCUT2D eigenvalue weighted by Crippen LogP contribution is 2.54. The maximum absolute atomic E-state index is 15.8. The molecule has 8 nitrogen and oxygen atoms in total. The Morgan fingerprint density at radius 1 is 1.00 bits per heavy atom. The molecule has 1 heterocycles. The summed E-state index contributed by atoms with van der Waals surface area (Å²) >= 11 is 11.8. The van der Waals surface area contributed by atoms with Crippen molar-refractivity contribution in [2.75, 3.05) is 25.0 Å². The lowest BCUT2D eigenvalue weighted by Gasteiger charge is -2.32. The summed E-state index contributed by atoms with van der Waals surface area (Å²) in [6.45, 7) is 4.36. The number of benzene rings is 1. The molecule has 0 saturated carbocycles. The molecule has 0 saturated heterocycles. The molecule has 0 bridgehead atoms. The summed E-state index contributed by atoms with van der Waals surface area (Å²) in [4.78, 5) is 19.8. The molecule has 0 spiro atoms. The second-order valence-electron chi connectivity index (χ2n) is 7.88. The molecular formula is C21H30Cl2F2NO7PS2. The van der Waals surface area contributed by atoms with Crippen molar-refractivity contribution in [2.45, 2.75) is 62.4 Å². The first-order valence-electron chi connectivity index (χ1n) is 11.3. The van der Waals surface area contributed by atoms with Crippen molar-refractivity contribution in [3.8, 4) is 11.5 Å². The maximum Gasteiger partial charge on any atom is 0.346 e. The minimum atomic E-state index is -4.94. The number of aryl methyl sites for hydroxylation is 1. The molecule has 206 valence electrons. The third-order valence-electron chi connectivity index (χ3n) is 5.69. The zero-order valence-electron chi connectivity index (χ0n) is 20.1. The Bertz CT molecular complexity index is 1220. The lowest BCUT2D eigenvalue weighted by Crippen LogP contribution is -2.47. The van der Waals surface area contributed by atoms with Crippen LogP contribution in [0.25, 0.3) is 10.1 Å². The van der Waals surface area contributed by atoms with Crippen molar-refractivity contribution >= 4 is 62.2 Å². The first-order valence-corrected chi connectivity index (χ1v) is 16.3. The number of rotatable bonds is 15. The van der Waals surface area contributed by atoms with Gasteiger partial charge in [0.1, 0.15) is 9.49 Å². The summed E-state index contributed by atoms with van der Waals surface area (Å²) in [5.41, 5.74) is -0.0415. The largest absolute Gasteiger partial charge is 0.487 e. The average Bonchev–Trinajstić information content (AvgIpc) is 3.23. The van der Waals surface area contributed by atoms with Gasteiger partial charge in [0.15, 0.2) is 11.6 Å². The Kier molecular flexibility index (Phi) is 11.3. The van der Waals surface area contributed by atoms with E-state index in [0.717, 1.165) is 0 Å². The number of alkyl halides is 2. The molecule has 3 N–H and O–H groups in total. The van der Waals surface area contributed by atoms with Crippen molar-refractivity contribution in [1.29, 1.82) is 0 Å². The van der Waals surface area contributed by atoms with E-state index in [1.165, 1.54) is 13.8 Å². The van der Waals surface area contributed by atoms with Crippen LogP contribution in [0.2, 0.25) is 0 Å². The highest BCUT2D eigenvalue weighted by atomic mass is 35.5. The molecule has 0 atom stereocenters. The molecule has 36 heavy (non-hydrogen) atoms. The zero-order valence-corrected chi connectivity index (χ0v) is 24.1. The van der Waals surface area contributed by atoms with Gasteiger partial charge in [-0.3, -0.25) is 4.57 Å². The van der Waals surface area contributed by atoms with Gasteiger partial charge >= 0.3 is 7.60 Å². The Morgan fingerprint density at radius 2 is 1.50 bits per heavy atom. The van der Waals surface area contributed by atoms with Crippen molar-refractivity contribution < 1.29 is 41.0 Å². The fourth-order valence-electron chi connectivity index (χ4n) is 3.66. The number of nitrogens with one attached hydrogen (secondary N) is 1. The molecule has 0 aliphatic heterocycles. The highest BCUT2D eigenvalue weighted by Gasteiger charge is 2.48. The van der Waals surface area contributed by atoms with Crippen LogP contribution >= 0.6 is 42.1 Å². The van der Waals surface area contributed by atoms with Crippen molar-refractivity contribution in [1.82, 2.24) is 4.72 Å². The predicted octanol–water partition coefficient (Wildman–Crippen LogP) is 5.73. The molecular weight excluding hydrogens is 582 g/mol. The Morgan fingerprint density at radius 3 is 1.92 bits per heavy atom. The van der Waals surface area contributed by atoms with Crippen LogP contribution in [0.5, 0.6) is 11.5 Å². The van der Waals surface area contributed by atoms with E-state index in [1.54, 1.807) is 6.92 Å². The van der Waals surface area contributed by atoms with Gasteiger partial charge in [-0.2, -0.15) is 4.72 Å². The fourth-order valence-corrected chi connectivity index (χ4v) is 8.86. The first-order chi connectivity index (χ1) is 16.9. The summed E-state index contributed by atoms with van der Waals surface area (Å²) in [5, 5.41) is -2.36. The van der Waals surface area contributed by atoms with Gasteiger partial charge in [-0.05, 0) is 37.7 Å². The third-order valence-corrected chi connectivity index (χ3v) is 11.6. The van der Waals surface area contributed by atoms with Gasteiger partial charge < -0.3 is 19.3 Å². The van der Waals surface area contributed by atoms with E-state index in [-0.39, 0.29) is 59.9 Å². The van der Waals surface area contributed by atoms with Gasteiger partial charge in [-0.25, -0.2) is 17.2 Å². The molecule has 2 aromatic rings. The molecule has 0 aliphatic carbocycles. The Hall–Kier alpha value is -0.720. The van der Waals surface area contributed by atoms with E-state index < -0.39 is 50.2 Å². The Labute approximate surface area is 223 Å². The van der Waals surface area contributed by atoms with E-state index in [4.69, 9.17) is 32.7 Å². The molecule has 0 fully saturated rings. The van der Waals surface area contributed by atoms with Crippen LogP contribution in [0.1, 0.15) is 52.0 Å². The number of ether oxygens (including phenoxy) is 2. The minimum Gasteiger partial charge on any atom is -0.487 e. The van der Waals surface area contributed by atoms with Crippen molar-refractivity contribution in [2.24, 2.45) is 0 Å². The SMILES string of the molecule is CCc1c(S(=O)(=O)NC(CC)(CC)P(=O)(O)O)sc2c(F)c(OCCCCl)c(OCCCCl)c(F)c12. The standard InChI is InChI=1S/C21H30Cl2F2NO7PS2/c1-4-13-14-15(24)17(32-11-7-9-22)18(33-12-8-10-23)16(25)19(14)35-20(13)36(30,31)26-21(5-2,6-3)34(27,28)29/h26H,4-12H2,1-3H3,(H2,27,28,29). The second kappa shape index (κ2) is 12.9. The van der Waals surface area contributed by atoms with Gasteiger partial charge in [-0.1, -0.05) is 20.8 Å². The normalized spacial score (nSPS) is 12.9. The summed E-state index contributed by atoms with van der Waals surface area (Å²) in [6.07, 6.45) is 0.252. The first kappa shape index (κ1) is 31.5. The molecule has 0 aliphatic rings. The van der Waals surface area contributed by atoms with Gasteiger partial charge in [0.05, 0.1) is 17.9 Å². The van der Waals surface area contributed by atoms with Crippen LogP contribution in [0.3, 0.4) is 0 Å². The van der Waals surface area contributed by atoms with Crippen LogP contribution < -0.4 is 14.2 Å². The molecule has 0 amide bonds. The van der Waals surface area contributed by atoms with Crippen LogP contribution in [0.4, 0.5) is 8.78 Å². The average molecular weight is 612 g/mol. The molecule has 0 unspecified atom stereocenters. The van der Waals surface area contributed by atoms with Gasteiger partial charge in [0.25, 0.3) is 10.0 Å². The number of hydrogen-bond acceptors (Lipinski definition) is 6. The van der Waals surface area contributed by atoms with Crippen LogP contribution in [0.15, 0.2) is 4.21 Å². The lowest BCUT2D eigenvalue weighted by molar-refractivity contribution is 0.250. The van der Waals surface area contributed by atoms with Crippen LogP contribution in [0, 0.1) is 11.6 Å². The van der Waals surface area contributed by atoms with Crippen LogP contribution in [-0.2, 0) is 21.0 Å². The number of sulfonamides is 1. The van der Waals surface area contributed by atoms with Crippen molar-refractivity contribution in [3.63, 3.8) is 0 Å². The van der Waals surface area contributed by atoms with Gasteiger partial charge in [0.2, 0.25) is 11.5 Å². The molecule has 1 aromatic heterocycles. The topological polar surface area (TPSA) is 122 Å². The van der Waals surface area contributed by atoms with E-state index in [2.05, 4.69) is 4.72 Å². The number of thiophene rings is 1. The summed E-state index contributed by atoms with van der Waals surface area (Å²) in [6, 6.07) is 0. The van der Waals surface area contributed by atoms with Gasteiger partial charge in [0, 0.05) is 17.1 Å². The smallest absolute Gasteiger partial charge is 0.346 e. The highest BCUT2D eigenvalue weighted by molar-refractivity contribution is 7.92. The van der Waals surface area contributed by atoms with Crippen LogP contribution in [-0.4, -0.2) is 48.5 Å². The predicted molar refractivity (Wildman–Crippen MR) is 138 cm³/mol. The Balaban J connectivity index is 2.80. The monoisotopic (exact) mass is 611 g/mol. The third kappa shape index (κ3) is 6.29. The van der Waals surface area contributed by atoms with E-state index in [9.17, 15) is 22.8 Å². The van der Waals surface area contributed by atoms with E-state index >= 15 is 8.78 Å². The van der Waals surface area contributed by atoms with Crippen molar-refractivity contribution in [3.05, 3.63) is 17.2 Å². The summed E-state index contributed by atoms with van der Waals surface area (Å²) in [7, 11) is -9.55. The van der Waals surface area contributed by atoms with Gasteiger partial charge in [-0.15, -0.1) is 34.5 Å². The molecule has 0 radical (unpaired) electrons. The molecule has 15 heteroatoms. The number of hydrogen-bond donors (Lipinski definition) is 3. The quantitative estimate of drug-likeness (QED) is 0.133. The number of halogens is 4. The maximum atomic E-state index is 15.8. The van der Waals surface area contributed by atoms with E-state index in [1.807, 2.05) is 0 Å². The second-order valence-corrected chi connectivity index (χ2v) is 13.5. The lowest BCUT2D eigenvalue weighted by atomic mass is 10.1. The molecule has 1 aromatic carbocycles. The van der Waals surface area contributed by atoms with E-state index in [0.29, 0.717) is 24.2 Å². The molecule has 2 rings (SSSR count). The zero-order chi connectivity index (χ0) is 27.3. The fraction of sp³-hybridized carbons (Fsp3) is 0.619.